The minimum Gasteiger partial charge on any atom is -0.486 e. The maximum Gasteiger partial charge on any atom is 0.170 e. The minimum absolute atomic E-state index is 0.157. The third-order valence-corrected chi connectivity index (χ3v) is 3.53. The van der Waals surface area contributed by atoms with Gasteiger partial charge in [0.15, 0.2) is 5.78 Å². The molecule has 1 atom stereocenters. The molecule has 1 aromatic carbocycles. The zero-order valence-corrected chi connectivity index (χ0v) is 12.6. The molecule has 19 heavy (non-hydrogen) atoms. The molecule has 2 nitrogen and oxygen atoms in total. The van der Waals surface area contributed by atoms with Crippen molar-refractivity contribution >= 4 is 17.4 Å². The highest BCUT2D eigenvalue weighted by atomic mass is 35.5. The standard InChI is InChI=1S/C16H23ClO2/c1-3-5-6-13(4-2)11-15(18)12-19-16-9-7-14(17)8-10-16/h7-10,13H,3-6,11-12H2,1-2H3. The molecular formula is C16H23ClO2. The van der Waals surface area contributed by atoms with E-state index in [9.17, 15) is 4.79 Å². The van der Waals surface area contributed by atoms with Crippen LogP contribution in [0.15, 0.2) is 24.3 Å². The maximum absolute atomic E-state index is 11.9. The van der Waals surface area contributed by atoms with Crippen molar-refractivity contribution < 1.29 is 9.53 Å². The first-order valence-electron chi connectivity index (χ1n) is 7.05. The molecular weight excluding hydrogens is 260 g/mol. The molecule has 0 saturated carbocycles. The molecule has 3 heteroatoms. The number of hydrogen-bond acceptors (Lipinski definition) is 2. The van der Waals surface area contributed by atoms with Crippen molar-refractivity contribution in [2.24, 2.45) is 5.92 Å². The molecule has 0 fully saturated rings. The topological polar surface area (TPSA) is 26.3 Å². The van der Waals surface area contributed by atoms with Gasteiger partial charge in [0.25, 0.3) is 0 Å². The highest BCUT2D eigenvalue weighted by molar-refractivity contribution is 6.30. The van der Waals surface area contributed by atoms with E-state index in [0.717, 1.165) is 12.8 Å². The van der Waals surface area contributed by atoms with Crippen LogP contribution in [0.2, 0.25) is 5.02 Å². The zero-order valence-electron chi connectivity index (χ0n) is 11.8. The van der Waals surface area contributed by atoms with Gasteiger partial charge >= 0.3 is 0 Å². The van der Waals surface area contributed by atoms with E-state index >= 15 is 0 Å². The quantitative estimate of drug-likeness (QED) is 0.644. The lowest BCUT2D eigenvalue weighted by Gasteiger charge is -2.13. The van der Waals surface area contributed by atoms with Gasteiger partial charge in [-0.05, 0) is 30.2 Å². The third-order valence-electron chi connectivity index (χ3n) is 3.27. The first-order chi connectivity index (χ1) is 9.15. The predicted octanol–water partition coefficient (Wildman–Crippen LogP) is 4.89. The number of rotatable bonds is 9. The Morgan fingerprint density at radius 1 is 1.26 bits per heavy atom. The smallest absolute Gasteiger partial charge is 0.170 e. The summed E-state index contributed by atoms with van der Waals surface area (Å²) in [4.78, 5) is 11.9. The van der Waals surface area contributed by atoms with Crippen LogP contribution in [0.3, 0.4) is 0 Å². The summed E-state index contributed by atoms with van der Waals surface area (Å²) in [6.45, 7) is 4.48. The van der Waals surface area contributed by atoms with Crippen LogP contribution < -0.4 is 4.74 Å². The van der Waals surface area contributed by atoms with Crippen molar-refractivity contribution in [1.82, 2.24) is 0 Å². The molecule has 0 spiro atoms. The summed E-state index contributed by atoms with van der Waals surface area (Å²) in [7, 11) is 0. The van der Waals surface area contributed by atoms with Crippen molar-refractivity contribution in [2.45, 2.75) is 46.0 Å². The van der Waals surface area contributed by atoms with Crippen LogP contribution in [0.5, 0.6) is 5.75 Å². The number of ether oxygens (including phenoxy) is 1. The number of carbonyl (C=O) groups excluding carboxylic acids is 1. The summed E-state index contributed by atoms with van der Waals surface area (Å²) in [5.41, 5.74) is 0. The van der Waals surface area contributed by atoms with Crippen LogP contribution in [0, 0.1) is 5.92 Å². The summed E-state index contributed by atoms with van der Waals surface area (Å²) in [6.07, 6.45) is 5.21. The van der Waals surface area contributed by atoms with Gasteiger partial charge < -0.3 is 4.74 Å². The molecule has 0 saturated heterocycles. The average Bonchev–Trinajstić information content (AvgIpc) is 2.42. The van der Waals surface area contributed by atoms with Gasteiger partial charge in [-0.1, -0.05) is 51.1 Å². The fourth-order valence-corrected chi connectivity index (χ4v) is 2.14. The number of unbranched alkanes of at least 4 members (excludes halogenated alkanes) is 1. The molecule has 106 valence electrons. The molecule has 0 aliphatic rings. The van der Waals surface area contributed by atoms with Crippen molar-refractivity contribution in [2.75, 3.05) is 6.61 Å². The molecule has 0 heterocycles. The Kier molecular flexibility index (Phi) is 7.57. The molecule has 1 unspecified atom stereocenters. The Bertz CT molecular complexity index is 373. The van der Waals surface area contributed by atoms with E-state index < -0.39 is 0 Å². The zero-order chi connectivity index (χ0) is 14.1. The van der Waals surface area contributed by atoms with Gasteiger partial charge in [0.05, 0.1) is 0 Å². The minimum atomic E-state index is 0.157. The Morgan fingerprint density at radius 2 is 1.95 bits per heavy atom. The molecule has 0 aliphatic heterocycles. The Labute approximate surface area is 121 Å². The second-order valence-electron chi connectivity index (χ2n) is 4.90. The van der Waals surface area contributed by atoms with Crippen LogP contribution in [-0.4, -0.2) is 12.4 Å². The number of halogens is 1. The Hall–Kier alpha value is -1.02. The SMILES string of the molecule is CCCCC(CC)CC(=O)COc1ccc(Cl)cc1. The molecule has 0 aromatic heterocycles. The van der Waals surface area contributed by atoms with Crippen molar-refractivity contribution in [1.29, 1.82) is 0 Å². The first kappa shape index (κ1) is 16.0. The lowest BCUT2D eigenvalue weighted by Crippen LogP contribution is -2.15. The number of carbonyl (C=O) groups is 1. The maximum atomic E-state index is 11.9. The molecule has 0 radical (unpaired) electrons. The fraction of sp³-hybridized carbons (Fsp3) is 0.562. The molecule has 0 N–H and O–H groups in total. The number of hydrogen-bond donors (Lipinski definition) is 0. The van der Waals surface area contributed by atoms with Crippen LogP contribution >= 0.6 is 11.6 Å². The Morgan fingerprint density at radius 3 is 2.53 bits per heavy atom. The molecule has 0 bridgehead atoms. The summed E-state index contributed by atoms with van der Waals surface area (Å²) in [5.74, 6) is 1.37. The van der Waals surface area contributed by atoms with E-state index in [1.54, 1.807) is 24.3 Å². The number of ketones is 1. The highest BCUT2D eigenvalue weighted by Crippen LogP contribution is 2.18. The third kappa shape index (κ3) is 6.63. The second-order valence-corrected chi connectivity index (χ2v) is 5.34. The van der Waals surface area contributed by atoms with Crippen molar-refractivity contribution in [3.05, 3.63) is 29.3 Å². The van der Waals surface area contributed by atoms with Gasteiger partial charge in [-0.15, -0.1) is 0 Å². The monoisotopic (exact) mass is 282 g/mol. The fourth-order valence-electron chi connectivity index (χ4n) is 2.02. The number of Topliss-reactive ketones (excluding diaryl/α,β-unsaturated/α-hetero) is 1. The largest absolute Gasteiger partial charge is 0.486 e. The summed E-state index contributed by atoms with van der Waals surface area (Å²) in [6, 6.07) is 7.09. The molecule has 0 aliphatic carbocycles. The summed E-state index contributed by atoms with van der Waals surface area (Å²) < 4.78 is 5.46. The Balaban J connectivity index is 2.32. The molecule has 1 rings (SSSR count). The van der Waals surface area contributed by atoms with E-state index in [0.29, 0.717) is 23.1 Å². The van der Waals surface area contributed by atoms with Gasteiger partial charge in [0.1, 0.15) is 12.4 Å². The second kappa shape index (κ2) is 8.98. The van der Waals surface area contributed by atoms with Gasteiger partial charge in [-0.25, -0.2) is 0 Å². The van der Waals surface area contributed by atoms with Crippen LogP contribution in [-0.2, 0) is 4.79 Å². The van der Waals surface area contributed by atoms with E-state index in [2.05, 4.69) is 13.8 Å². The van der Waals surface area contributed by atoms with Gasteiger partial charge in [0, 0.05) is 11.4 Å². The lowest BCUT2D eigenvalue weighted by atomic mass is 9.94. The van der Waals surface area contributed by atoms with Crippen molar-refractivity contribution in [3.8, 4) is 5.75 Å². The summed E-state index contributed by atoms with van der Waals surface area (Å²) in [5, 5.41) is 0.671. The van der Waals surface area contributed by atoms with Crippen LogP contribution in [0.1, 0.15) is 46.0 Å². The normalized spacial score (nSPS) is 12.2. The lowest BCUT2D eigenvalue weighted by molar-refractivity contribution is -0.122. The average molecular weight is 283 g/mol. The van der Waals surface area contributed by atoms with Crippen LogP contribution in [0.4, 0.5) is 0 Å². The van der Waals surface area contributed by atoms with Crippen molar-refractivity contribution in [3.63, 3.8) is 0 Å². The molecule has 0 amide bonds. The van der Waals surface area contributed by atoms with E-state index in [1.165, 1.54) is 12.8 Å². The van der Waals surface area contributed by atoms with E-state index in [-0.39, 0.29) is 12.4 Å². The summed E-state index contributed by atoms with van der Waals surface area (Å²) >= 11 is 5.79. The van der Waals surface area contributed by atoms with Gasteiger partial charge in [-0.3, -0.25) is 4.79 Å². The highest BCUT2D eigenvalue weighted by Gasteiger charge is 2.12. The first-order valence-corrected chi connectivity index (χ1v) is 7.43. The molecule has 1 aromatic rings. The van der Waals surface area contributed by atoms with Gasteiger partial charge in [0.2, 0.25) is 0 Å². The predicted molar refractivity (Wildman–Crippen MR) is 79.9 cm³/mol. The van der Waals surface area contributed by atoms with E-state index in [1.807, 2.05) is 0 Å². The van der Waals surface area contributed by atoms with Gasteiger partial charge in [-0.2, -0.15) is 0 Å². The van der Waals surface area contributed by atoms with Crippen LogP contribution in [0.25, 0.3) is 0 Å². The number of benzene rings is 1. The van der Waals surface area contributed by atoms with E-state index in [4.69, 9.17) is 16.3 Å².